The molecule has 23 heavy (non-hydrogen) atoms. The lowest BCUT2D eigenvalue weighted by atomic mass is 10.2. The normalized spacial score (nSPS) is 16.7. The number of aryl methyl sites for hydroxylation is 1. The standard InChI is InChI=1S/C19H15NOS2/c1-14-10-12-16(13-11-14)20-18(21)17(23-19(20)22)9-5-8-15-6-3-2-4-7-15/h2-13H,1H3/b8-5+,17-9+. The fourth-order valence-electron chi connectivity index (χ4n) is 2.21. The highest BCUT2D eigenvalue weighted by atomic mass is 32.2. The van der Waals surface area contributed by atoms with Crippen LogP contribution in [0.2, 0.25) is 0 Å². The van der Waals surface area contributed by atoms with E-state index >= 15 is 0 Å². The van der Waals surface area contributed by atoms with Crippen molar-refractivity contribution < 1.29 is 4.79 Å². The highest BCUT2D eigenvalue weighted by Crippen LogP contribution is 2.34. The zero-order valence-electron chi connectivity index (χ0n) is 12.6. The van der Waals surface area contributed by atoms with Crippen LogP contribution >= 0.6 is 24.0 Å². The molecule has 2 nitrogen and oxygen atoms in total. The molecule has 0 spiro atoms. The lowest BCUT2D eigenvalue weighted by Gasteiger charge is -2.14. The molecule has 0 radical (unpaired) electrons. The van der Waals surface area contributed by atoms with Crippen LogP contribution in [0.15, 0.2) is 71.7 Å². The van der Waals surface area contributed by atoms with Crippen LogP contribution in [0.3, 0.4) is 0 Å². The average Bonchev–Trinajstić information content (AvgIpc) is 2.84. The van der Waals surface area contributed by atoms with Gasteiger partial charge in [-0.1, -0.05) is 84.2 Å². The molecule has 2 aromatic rings. The van der Waals surface area contributed by atoms with Crippen LogP contribution in [-0.2, 0) is 4.79 Å². The number of carbonyl (C=O) groups is 1. The van der Waals surface area contributed by atoms with Crippen LogP contribution in [-0.4, -0.2) is 10.2 Å². The van der Waals surface area contributed by atoms with Gasteiger partial charge in [0.25, 0.3) is 5.91 Å². The third-order valence-electron chi connectivity index (χ3n) is 3.42. The smallest absolute Gasteiger partial charge is 0.268 e. The van der Waals surface area contributed by atoms with Crippen LogP contribution in [0.5, 0.6) is 0 Å². The number of thioether (sulfide) groups is 1. The molecule has 1 aliphatic rings. The van der Waals surface area contributed by atoms with E-state index in [0.717, 1.165) is 16.8 Å². The van der Waals surface area contributed by atoms with E-state index in [2.05, 4.69) is 0 Å². The zero-order chi connectivity index (χ0) is 16.2. The Morgan fingerprint density at radius 1 is 1.04 bits per heavy atom. The monoisotopic (exact) mass is 337 g/mol. The maximum Gasteiger partial charge on any atom is 0.270 e. The summed E-state index contributed by atoms with van der Waals surface area (Å²) in [6, 6.07) is 17.8. The molecule has 1 aliphatic heterocycles. The van der Waals surface area contributed by atoms with Gasteiger partial charge in [0, 0.05) is 0 Å². The number of anilines is 1. The number of carbonyl (C=O) groups excluding carboxylic acids is 1. The second kappa shape index (κ2) is 6.94. The van der Waals surface area contributed by atoms with Crippen molar-refractivity contribution in [3.05, 3.63) is 82.8 Å². The third-order valence-corrected chi connectivity index (χ3v) is 4.74. The van der Waals surface area contributed by atoms with Crippen LogP contribution < -0.4 is 4.90 Å². The fourth-order valence-corrected chi connectivity index (χ4v) is 3.46. The van der Waals surface area contributed by atoms with Gasteiger partial charge in [-0.15, -0.1) is 0 Å². The van der Waals surface area contributed by atoms with E-state index in [0.29, 0.717) is 9.23 Å². The number of hydrogen-bond acceptors (Lipinski definition) is 3. The Morgan fingerprint density at radius 3 is 2.43 bits per heavy atom. The van der Waals surface area contributed by atoms with E-state index in [1.165, 1.54) is 11.8 Å². The van der Waals surface area contributed by atoms with Gasteiger partial charge < -0.3 is 0 Å². The van der Waals surface area contributed by atoms with Gasteiger partial charge in [-0.2, -0.15) is 0 Å². The van der Waals surface area contributed by atoms with Crippen LogP contribution in [0.1, 0.15) is 11.1 Å². The molecule has 1 saturated heterocycles. The summed E-state index contributed by atoms with van der Waals surface area (Å²) in [6.07, 6.45) is 5.68. The van der Waals surface area contributed by atoms with Gasteiger partial charge in [-0.25, -0.2) is 0 Å². The average molecular weight is 337 g/mol. The van der Waals surface area contributed by atoms with E-state index in [1.807, 2.05) is 79.7 Å². The van der Waals surface area contributed by atoms with Crippen molar-refractivity contribution in [2.24, 2.45) is 0 Å². The van der Waals surface area contributed by atoms with E-state index in [1.54, 1.807) is 4.90 Å². The van der Waals surface area contributed by atoms with Crippen LogP contribution in [0.25, 0.3) is 6.08 Å². The molecule has 0 unspecified atom stereocenters. The maximum absolute atomic E-state index is 12.6. The fraction of sp³-hybridized carbons (Fsp3) is 0.0526. The molecule has 1 amide bonds. The Morgan fingerprint density at radius 2 is 1.74 bits per heavy atom. The SMILES string of the molecule is Cc1ccc(N2C(=O)/C(=C\C=C\c3ccccc3)SC2=S)cc1. The minimum Gasteiger partial charge on any atom is -0.268 e. The van der Waals surface area contributed by atoms with Gasteiger partial charge >= 0.3 is 0 Å². The second-order valence-electron chi connectivity index (χ2n) is 5.14. The minimum atomic E-state index is -0.0680. The summed E-state index contributed by atoms with van der Waals surface area (Å²) < 4.78 is 0.568. The number of rotatable bonds is 3. The first-order chi connectivity index (χ1) is 11.1. The van der Waals surface area contributed by atoms with Crippen molar-refractivity contribution in [3.8, 4) is 0 Å². The number of hydrogen-bond donors (Lipinski definition) is 0. The van der Waals surface area contributed by atoms with Gasteiger partial charge in [0.1, 0.15) is 0 Å². The molecular formula is C19H15NOS2. The first kappa shape index (κ1) is 15.7. The number of allylic oxidation sites excluding steroid dienone is 2. The summed E-state index contributed by atoms with van der Waals surface area (Å²) in [7, 11) is 0. The van der Waals surface area contributed by atoms with E-state index in [9.17, 15) is 4.79 Å². The summed E-state index contributed by atoms with van der Waals surface area (Å²) in [5, 5.41) is 0. The van der Waals surface area contributed by atoms with E-state index in [-0.39, 0.29) is 5.91 Å². The summed E-state index contributed by atoms with van der Waals surface area (Å²) in [5.41, 5.74) is 3.06. The topological polar surface area (TPSA) is 20.3 Å². The maximum atomic E-state index is 12.6. The Kier molecular flexibility index (Phi) is 4.74. The summed E-state index contributed by atoms with van der Waals surface area (Å²) >= 11 is 6.69. The van der Waals surface area contributed by atoms with Crippen molar-refractivity contribution in [1.82, 2.24) is 0 Å². The molecule has 1 fully saturated rings. The molecule has 0 saturated carbocycles. The molecule has 2 aromatic carbocycles. The Labute approximate surface area is 145 Å². The molecule has 0 aromatic heterocycles. The molecular weight excluding hydrogens is 322 g/mol. The number of thiocarbonyl (C=S) groups is 1. The molecule has 0 bridgehead atoms. The largest absolute Gasteiger partial charge is 0.270 e. The zero-order valence-corrected chi connectivity index (χ0v) is 14.2. The first-order valence-corrected chi connectivity index (χ1v) is 8.44. The van der Waals surface area contributed by atoms with Crippen LogP contribution in [0.4, 0.5) is 5.69 Å². The van der Waals surface area contributed by atoms with Gasteiger partial charge in [0.2, 0.25) is 0 Å². The Hall–Kier alpha value is -2.17. The predicted molar refractivity (Wildman–Crippen MR) is 102 cm³/mol. The van der Waals surface area contributed by atoms with Crippen molar-refractivity contribution in [2.75, 3.05) is 4.90 Å². The molecule has 114 valence electrons. The summed E-state index contributed by atoms with van der Waals surface area (Å²) in [4.78, 5) is 14.8. The molecule has 4 heteroatoms. The Bertz CT molecular complexity index is 792. The van der Waals surface area contributed by atoms with Gasteiger partial charge in [0.15, 0.2) is 4.32 Å². The lowest BCUT2D eigenvalue weighted by Crippen LogP contribution is -2.27. The summed E-state index contributed by atoms with van der Waals surface area (Å²) in [6.45, 7) is 2.02. The highest BCUT2D eigenvalue weighted by Gasteiger charge is 2.32. The molecule has 0 aliphatic carbocycles. The summed E-state index contributed by atoms with van der Waals surface area (Å²) in [5.74, 6) is -0.0680. The highest BCUT2D eigenvalue weighted by molar-refractivity contribution is 8.27. The predicted octanol–water partition coefficient (Wildman–Crippen LogP) is 4.96. The molecule has 1 heterocycles. The van der Waals surface area contributed by atoms with E-state index in [4.69, 9.17) is 12.2 Å². The van der Waals surface area contributed by atoms with Crippen molar-refractivity contribution in [1.29, 1.82) is 0 Å². The third kappa shape index (κ3) is 3.60. The number of amides is 1. The first-order valence-electron chi connectivity index (χ1n) is 7.21. The van der Waals surface area contributed by atoms with Gasteiger partial charge in [0.05, 0.1) is 10.6 Å². The lowest BCUT2D eigenvalue weighted by molar-refractivity contribution is -0.113. The quantitative estimate of drug-likeness (QED) is 0.583. The number of nitrogens with zero attached hydrogens (tertiary/aromatic N) is 1. The van der Waals surface area contributed by atoms with Crippen molar-refractivity contribution in [3.63, 3.8) is 0 Å². The van der Waals surface area contributed by atoms with Crippen LogP contribution in [0, 0.1) is 6.92 Å². The van der Waals surface area contributed by atoms with Crippen molar-refractivity contribution in [2.45, 2.75) is 6.92 Å². The van der Waals surface area contributed by atoms with Gasteiger partial charge in [-0.3, -0.25) is 9.69 Å². The Balaban J connectivity index is 1.79. The van der Waals surface area contributed by atoms with E-state index < -0.39 is 0 Å². The second-order valence-corrected chi connectivity index (χ2v) is 6.82. The minimum absolute atomic E-state index is 0.0680. The van der Waals surface area contributed by atoms with Gasteiger partial charge in [-0.05, 0) is 30.7 Å². The number of benzene rings is 2. The molecule has 0 N–H and O–H groups in total. The molecule has 0 atom stereocenters. The van der Waals surface area contributed by atoms with Crippen molar-refractivity contribution >= 4 is 46.0 Å². The molecule has 3 rings (SSSR count).